The molecule has 0 bridgehead atoms. The summed E-state index contributed by atoms with van der Waals surface area (Å²) in [4.78, 5) is 18.9. The van der Waals surface area contributed by atoms with Gasteiger partial charge in [-0.25, -0.2) is 24.3 Å². The molecule has 0 atom stereocenters. The Labute approximate surface area is 221 Å². The zero-order valence-corrected chi connectivity index (χ0v) is 22.0. The van der Waals surface area contributed by atoms with Crippen molar-refractivity contribution >= 4 is 38.5 Å². The summed E-state index contributed by atoms with van der Waals surface area (Å²) in [6.07, 6.45) is 2.95. The highest BCUT2D eigenvalue weighted by Gasteiger charge is 2.23. The summed E-state index contributed by atoms with van der Waals surface area (Å²) in [6.45, 7) is 2.46. The second kappa shape index (κ2) is 9.75. The molecule has 0 aliphatic carbocycles. The van der Waals surface area contributed by atoms with Crippen LogP contribution in [0.25, 0.3) is 28.0 Å². The smallest absolute Gasteiger partial charge is 0.322 e. The van der Waals surface area contributed by atoms with E-state index in [1.807, 2.05) is 41.8 Å². The average Bonchev–Trinajstić information content (AvgIpc) is 3.15. The number of nitrogens with two attached hydrogens (primary N) is 2. The van der Waals surface area contributed by atoms with Crippen LogP contribution in [0, 0.1) is 12.7 Å². The summed E-state index contributed by atoms with van der Waals surface area (Å²) < 4.78 is 23.5. The molecule has 4 N–H and O–H groups in total. The van der Waals surface area contributed by atoms with Crippen molar-refractivity contribution in [1.82, 2.24) is 29.4 Å². The lowest BCUT2D eigenvalue weighted by Crippen LogP contribution is -2.12. The van der Waals surface area contributed by atoms with Gasteiger partial charge in [0.2, 0.25) is 0 Å². The summed E-state index contributed by atoms with van der Waals surface area (Å²) in [7, 11) is 3.95. The van der Waals surface area contributed by atoms with E-state index in [0.717, 1.165) is 16.8 Å². The molecule has 5 rings (SSSR count). The van der Waals surface area contributed by atoms with E-state index >= 15 is 4.39 Å². The molecule has 0 spiro atoms. The standard InChI is InChI=1S/C26H24BrFN8O/c1-14-8-9-31-26(34-14)37-20-7-5-17(11-18(20)28)36-23(21(27)22-24(36)25(30)33-13-32-22)15-4-6-19(29)16(10-15)12-35(2)3/h4-11,13H,12,29H2,1-3H3,(H2,30,32,33). The molecule has 0 saturated carbocycles. The maximum absolute atomic E-state index is 15.3. The maximum Gasteiger partial charge on any atom is 0.322 e. The lowest BCUT2D eigenvalue weighted by Gasteiger charge is -2.16. The Balaban J connectivity index is 1.69. The van der Waals surface area contributed by atoms with Crippen LogP contribution >= 0.6 is 15.9 Å². The van der Waals surface area contributed by atoms with Crippen LogP contribution in [0.2, 0.25) is 0 Å². The van der Waals surface area contributed by atoms with E-state index in [-0.39, 0.29) is 17.6 Å². The van der Waals surface area contributed by atoms with Crippen LogP contribution in [0.4, 0.5) is 15.9 Å². The van der Waals surface area contributed by atoms with E-state index in [9.17, 15) is 0 Å². The number of aryl methyl sites for hydroxylation is 1. The summed E-state index contributed by atoms with van der Waals surface area (Å²) in [5.41, 5.74) is 18.1. The largest absolute Gasteiger partial charge is 0.421 e. The highest BCUT2D eigenvalue weighted by atomic mass is 79.9. The molecule has 2 aromatic carbocycles. The molecular weight excluding hydrogens is 539 g/mol. The number of ether oxygens (including phenoxy) is 1. The van der Waals surface area contributed by atoms with Gasteiger partial charge in [-0.3, -0.25) is 0 Å². The number of anilines is 2. The van der Waals surface area contributed by atoms with Crippen LogP contribution in [0.3, 0.4) is 0 Å². The number of halogens is 2. The first-order valence-corrected chi connectivity index (χ1v) is 12.1. The average molecular weight is 563 g/mol. The zero-order chi connectivity index (χ0) is 26.3. The van der Waals surface area contributed by atoms with Crippen LogP contribution in [0.1, 0.15) is 11.3 Å². The number of fused-ring (bicyclic) bond motifs is 1. The minimum atomic E-state index is -0.590. The zero-order valence-electron chi connectivity index (χ0n) is 20.4. The Kier molecular flexibility index (Phi) is 6.48. The normalized spacial score (nSPS) is 11.4. The molecule has 3 aromatic heterocycles. The predicted molar refractivity (Wildman–Crippen MR) is 145 cm³/mol. The van der Waals surface area contributed by atoms with Crippen molar-refractivity contribution in [2.45, 2.75) is 13.5 Å². The highest BCUT2D eigenvalue weighted by molar-refractivity contribution is 9.10. The molecule has 0 unspecified atom stereocenters. The molecule has 0 radical (unpaired) electrons. The third kappa shape index (κ3) is 4.70. The highest BCUT2D eigenvalue weighted by Crippen LogP contribution is 2.41. The SMILES string of the molecule is Cc1ccnc(Oc2ccc(-n3c(-c4ccc(N)c(CN(C)C)c4)c(Br)c4ncnc(N)c43)cc2F)n1. The third-order valence-corrected chi connectivity index (χ3v) is 6.52. The van der Waals surface area contributed by atoms with Gasteiger partial charge in [0.05, 0.1) is 10.2 Å². The Bertz CT molecular complexity index is 1640. The van der Waals surface area contributed by atoms with E-state index in [0.29, 0.717) is 39.1 Å². The summed E-state index contributed by atoms with van der Waals surface area (Å²) in [5, 5.41) is 0. The number of nitrogen functional groups attached to an aromatic ring is 2. The molecule has 5 aromatic rings. The van der Waals surface area contributed by atoms with Crippen molar-refractivity contribution in [1.29, 1.82) is 0 Å². The van der Waals surface area contributed by atoms with Gasteiger partial charge in [-0.2, -0.15) is 0 Å². The Hall–Kier alpha value is -4.09. The number of hydrogen-bond donors (Lipinski definition) is 2. The molecule has 188 valence electrons. The van der Waals surface area contributed by atoms with Crippen LogP contribution in [-0.4, -0.2) is 43.5 Å². The van der Waals surface area contributed by atoms with Gasteiger partial charge >= 0.3 is 6.01 Å². The number of rotatable bonds is 6. The fourth-order valence-corrected chi connectivity index (χ4v) is 4.82. The minimum absolute atomic E-state index is 0.00333. The van der Waals surface area contributed by atoms with Gasteiger partial charge in [-0.05, 0) is 72.8 Å². The first-order chi connectivity index (χ1) is 17.7. The van der Waals surface area contributed by atoms with E-state index in [2.05, 4.69) is 35.9 Å². The number of benzene rings is 2. The van der Waals surface area contributed by atoms with Crippen LogP contribution in [-0.2, 0) is 6.54 Å². The second-order valence-electron chi connectivity index (χ2n) is 8.80. The van der Waals surface area contributed by atoms with Gasteiger partial charge in [0, 0.05) is 41.4 Å². The van der Waals surface area contributed by atoms with E-state index in [1.54, 1.807) is 25.3 Å². The van der Waals surface area contributed by atoms with E-state index in [1.165, 1.54) is 18.5 Å². The molecular formula is C26H24BrFN8O. The van der Waals surface area contributed by atoms with E-state index < -0.39 is 5.82 Å². The first-order valence-electron chi connectivity index (χ1n) is 11.3. The van der Waals surface area contributed by atoms with Crippen LogP contribution in [0.5, 0.6) is 11.8 Å². The lowest BCUT2D eigenvalue weighted by molar-refractivity contribution is 0.403. The monoisotopic (exact) mass is 562 g/mol. The molecule has 0 aliphatic rings. The molecule has 37 heavy (non-hydrogen) atoms. The van der Waals surface area contributed by atoms with Crippen molar-refractivity contribution in [3.8, 4) is 28.7 Å². The predicted octanol–water partition coefficient (Wildman–Crippen LogP) is 5.11. The molecule has 0 amide bonds. The van der Waals surface area contributed by atoms with Crippen LogP contribution < -0.4 is 16.2 Å². The first kappa shape index (κ1) is 24.6. The fraction of sp³-hybridized carbons (Fsp3) is 0.154. The quantitative estimate of drug-likeness (QED) is 0.274. The summed E-state index contributed by atoms with van der Waals surface area (Å²) >= 11 is 3.71. The Morgan fingerprint density at radius 3 is 2.59 bits per heavy atom. The Morgan fingerprint density at radius 1 is 1.05 bits per heavy atom. The number of aromatic nitrogens is 5. The van der Waals surface area contributed by atoms with Crippen LogP contribution in [0.15, 0.2) is 59.5 Å². The molecule has 11 heteroatoms. The van der Waals surface area contributed by atoms with Gasteiger partial charge < -0.3 is 25.7 Å². The Morgan fingerprint density at radius 2 is 1.86 bits per heavy atom. The summed E-state index contributed by atoms with van der Waals surface area (Å²) in [5.74, 6) is -0.334. The van der Waals surface area contributed by atoms with Gasteiger partial charge in [0.1, 0.15) is 17.4 Å². The lowest BCUT2D eigenvalue weighted by atomic mass is 10.1. The van der Waals surface area contributed by atoms with E-state index in [4.69, 9.17) is 16.2 Å². The molecule has 9 nitrogen and oxygen atoms in total. The molecule has 0 fully saturated rings. The van der Waals surface area contributed by atoms with Crippen molar-refractivity contribution in [2.75, 3.05) is 25.6 Å². The minimum Gasteiger partial charge on any atom is -0.421 e. The molecule has 3 heterocycles. The summed E-state index contributed by atoms with van der Waals surface area (Å²) in [6, 6.07) is 12.2. The van der Waals surface area contributed by atoms with Gasteiger partial charge in [0.25, 0.3) is 0 Å². The molecule has 0 aliphatic heterocycles. The van der Waals surface area contributed by atoms with Crippen molar-refractivity contribution in [3.05, 3.63) is 76.5 Å². The maximum atomic E-state index is 15.3. The second-order valence-corrected chi connectivity index (χ2v) is 9.60. The number of nitrogens with zero attached hydrogens (tertiary/aromatic N) is 6. The van der Waals surface area contributed by atoms with Gasteiger partial charge in [0.15, 0.2) is 17.4 Å². The van der Waals surface area contributed by atoms with Crippen molar-refractivity contribution in [3.63, 3.8) is 0 Å². The topological polar surface area (TPSA) is 121 Å². The van der Waals surface area contributed by atoms with Gasteiger partial charge in [-0.1, -0.05) is 6.07 Å². The third-order valence-electron chi connectivity index (χ3n) is 5.76. The van der Waals surface area contributed by atoms with Gasteiger partial charge in [-0.15, -0.1) is 0 Å². The fourth-order valence-electron chi connectivity index (χ4n) is 4.13. The molecule has 0 saturated heterocycles. The van der Waals surface area contributed by atoms with Crippen molar-refractivity contribution in [2.24, 2.45) is 0 Å². The number of hydrogen-bond acceptors (Lipinski definition) is 8. The van der Waals surface area contributed by atoms with Crippen molar-refractivity contribution < 1.29 is 9.13 Å².